The third-order valence-corrected chi connectivity index (χ3v) is 5.95. The standard InChI is InChI=1S/C29H34N6/c1-4-16-30-19-28-32-17-26(34-28)24-12-8-22(9-13-24)6-7-23-10-14-25(15-11-23)27-18-33-29(35-27)20-31-21(3)5-2/h8-15,17-18,21,30-31H,4-5,16,19-20H2,1-3H3,(H,32,34)(H,33,35). The van der Waals surface area contributed by atoms with E-state index >= 15 is 0 Å². The van der Waals surface area contributed by atoms with Crippen LogP contribution in [-0.4, -0.2) is 32.5 Å². The molecule has 0 saturated heterocycles. The molecule has 6 heteroatoms. The van der Waals surface area contributed by atoms with Gasteiger partial charge in [-0.1, -0.05) is 50.0 Å². The molecule has 6 nitrogen and oxygen atoms in total. The summed E-state index contributed by atoms with van der Waals surface area (Å²) in [5.41, 5.74) is 6.21. The van der Waals surface area contributed by atoms with Crippen LogP contribution in [0.2, 0.25) is 0 Å². The van der Waals surface area contributed by atoms with Gasteiger partial charge in [0, 0.05) is 17.2 Å². The van der Waals surface area contributed by atoms with Gasteiger partial charge in [-0.2, -0.15) is 0 Å². The number of hydrogen-bond acceptors (Lipinski definition) is 4. The molecule has 2 aromatic carbocycles. The van der Waals surface area contributed by atoms with Crippen LogP contribution in [0.3, 0.4) is 0 Å². The van der Waals surface area contributed by atoms with Gasteiger partial charge in [0.2, 0.25) is 0 Å². The van der Waals surface area contributed by atoms with Crippen LogP contribution in [0.25, 0.3) is 22.5 Å². The fourth-order valence-corrected chi connectivity index (χ4v) is 3.61. The van der Waals surface area contributed by atoms with Crippen LogP contribution in [-0.2, 0) is 13.1 Å². The molecule has 0 bridgehead atoms. The van der Waals surface area contributed by atoms with Crippen molar-refractivity contribution in [3.05, 3.63) is 83.7 Å². The molecule has 0 aliphatic rings. The van der Waals surface area contributed by atoms with E-state index in [2.05, 4.69) is 87.4 Å². The van der Waals surface area contributed by atoms with Crippen molar-refractivity contribution in [2.75, 3.05) is 6.54 Å². The molecule has 35 heavy (non-hydrogen) atoms. The normalized spacial score (nSPS) is 11.7. The van der Waals surface area contributed by atoms with Crippen LogP contribution in [0.5, 0.6) is 0 Å². The largest absolute Gasteiger partial charge is 0.341 e. The Morgan fingerprint density at radius 3 is 1.77 bits per heavy atom. The minimum absolute atomic E-state index is 0.480. The fourth-order valence-electron chi connectivity index (χ4n) is 3.61. The SMILES string of the molecule is CCCNCc1ncc(-c2ccc(C#Cc3ccc(-c4cnc(CNC(C)CC)[nH]4)cc3)cc2)[nH]1. The van der Waals surface area contributed by atoms with Gasteiger partial charge in [0.15, 0.2) is 0 Å². The molecule has 4 N–H and O–H groups in total. The van der Waals surface area contributed by atoms with Crippen molar-refractivity contribution in [3.63, 3.8) is 0 Å². The number of nitrogens with one attached hydrogen (secondary N) is 4. The summed E-state index contributed by atoms with van der Waals surface area (Å²) in [4.78, 5) is 15.7. The van der Waals surface area contributed by atoms with Crippen molar-refractivity contribution in [2.24, 2.45) is 0 Å². The predicted octanol–water partition coefficient (Wildman–Crippen LogP) is 5.25. The molecule has 0 amide bonds. The summed E-state index contributed by atoms with van der Waals surface area (Å²) in [5.74, 6) is 8.43. The quantitative estimate of drug-likeness (QED) is 0.190. The summed E-state index contributed by atoms with van der Waals surface area (Å²) in [5, 5.41) is 6.82. The van der Waals surface area contributed by atoms with Gasteiger partial charge in [-0.05, 0) is 61.7 Å². The molecule has 0 spiro atoms. The van der Waals surface area contributed by atoms with E-state index in [0.29, 0.717) is 6.04 Å². The lowest BCUT2D eigenvalue weighted by atomic mass is 10.1. The van der Waals surface area contributed by atoms with Crippen LogP contribution in [0, 0.1) is 11.8 Å². The summed E-state index contributed by atoms with van der Waals surface area (Å²) in [7, 11) is 0. The lowest BCUT2D eigenvalue weighted by Gasteiger charge is -2.08. The predicted molar refractivity (Wildman–Crippen MR) is 143 cm³/mol. The van der Waals surface area contributed by atoms with Crippen molar-refractivity contribution in [1.82, 2.24) is 30.6 Å². The summed E-state index contributed by atoms with van der Waals surface area (Å²) in [6, 6.07) is 17.0. The highest BCUT2D eigenvalue weighted by Gasteiger charge is 2.05. The molecule has 2 aromatic heterocycles. The van der Waals surface area contributed by atoms with Gasteiger partial charge in [-0.25, -0.2) is 9.97 Å². The zero-order valence-electron chi connectivity index (χ0n) is 20.8. The number of hydrogen-bond donors (Lipinski definition) is 4. The third kappa shape index (κ3) is 6.92. The van der Waals surface area contributed by atoms with Crippen LogP contribution in [0.4, 0.5) is 0 Å². The fraction of sp³-hybridized carbons (Fsp3) is 0.310. The van der Waals surface area contributed by atoms with Crippen molar-refractivity contribution >= 4 is 0 Å². The van der Waals surface area contributed by atoms with Gasteiger partial charge in [-0.3, -0.25) is 0 Å². The van der Waals surface area contributed by atoms with Gasteiger partial charge < -0.3 is 20.6 Å². The second-order valence-corrected chi connectivity index (χ2v) is 8.76. The van der Waals surface area contributed by atoms with E-state index in [0.717, 1.165) is 77.8 Å². The van der Waals surface area contributed by atoms with Gasteiger partial charge in [-0.15, -0.1) is 0 Å². The smallest absolute Gasteiger partial charge is 0.120 e. The van der Waals surface area contributed by atoms with Crippen molar-refractivity contribution < 1.29 is 0 Å². The molecule has 0 aliphatic carbocycles. The highest BCUT2D eigenvalue weighted by atomic mass is 15.0. The maximum absolute atomic E-state index is 4.49. The van der Waals surface area contributed by atoms with E-state index < -0.39 is 0 Å². The molecule has 0 fully saturated rings. The van der Waals surface area contributed by atoms with Gasteiger partial charge >= 0.3 is 0 Å². The maximum Gasteiger partial charge on any atom is 0.120 e. The Morgan fingerprint density at radius 1 is 0.771 bits per heavy atom. The Hall–Kier alpha value is -3.66. The van der Waals surface area contributed by atoms with Crippen LogP contribution in [0.15, 0.2) is 60.9 Å². The molecule has 0 aliphatic heterocycles. The van der Waals surface area contributed by atoms with E-state index in [1.807, 2.05) is 36.7 Å². The monoisotopic (exact) mass is 466 g/mol. The lowest BCUT2D eigenvalue weighted by Crippen LogP contribution is -2.24. The van der Waals surface area contributed by atoms with E-state index in [1.165, 1.54) is 0 Å². The maximum atomic E-state index is 4.49. The molecule has 4 aromatic rings. The number of benzene rings is 2. The highest BCUT2D eigenvalue weighted by Crippen LogP contribution is 2.19. The Morgan fingerprint density at radius 2 is 1.29 bits per heavy atom. The molecular formula is C29H34N6. The topological polar surface area (TPSA) is 81.4 Å². The Labute approximate surface area is 208 Å². The zero-order chi connectivity index (χ0) is 24.5. The van der Waals surface area contributed by atoms with Crippen LogP contribution < -0.4 is 10.6 Å². The Balaban J connectivity index is 1.35. The minimum atomic E-state index is 0.480. The van der Waals surface area contributed by atoms with Crippen LogP contribution >= 0.6 is 0 Å². The first-order valence-electron chi connectivity index (χ1n) is 12.4. The molecule has 180 valence electrons. The summed E-state index contributed by atoms with van der Waals surface area (Å²) < 4.78 is 0. The molecule has 1 unspecified atom stereocenters. The number of aromatic amines is 2. The third-order valence-electron chi connectivity index (χ3n) is 5.95. The summed E-state index contributed by atoms with van der Waals surface area (Å²) in [6.45, 7) is 9.01. The number of nitrogens with zero attached hydrogens (tertiary/aromatic N) is 2. The molecule has 0 radical (unpaired) electrons. The number of H-pyrrole nitrogens is 2. The first kappa shape index (κ1) is 24.5. The number of rotatable bonds is 10. The van der Waals surface area contributed by atoms with E-state index in [4.69, 9.17) is 0 Å². The van der Waals surface area contributed by atoms with Gasteiger partial charge in [0.05, 0.1) is 36.9 Å². The molecule has 2 heterocycles. The van der Waals surface area contributed by atoms with Gasteiger partial charge in [0.1, 0.15) is 11.6 Å². The second-order valence-electron chi connectivity index (χ2n) is 8.76. The first-order chi connectivity index (χ1) is 17.1. The Kier molecular flexibility index (Phi) is 8.50. The van der Waals surface area contributed by atoms with E-state index in [-0.39, 0.29) is 0 Å². The van der Waals surface area contributed by atoms with Crippen molar-refractivity contribution in [2.45, 2.75) is 52.7 Å². The Bertz CT molecular complexity index is 1260. The van der Waals surface area contributed by atoms with E-state index in [9.17, 15) is 0 Å². The van der Waals surface area contributed by atoms with Crippen LogP contribution in [0.1, 0.15) is 56.4 Å². The highest BCUT2D eigenvalue weighted by molar-refractivity contribution is 5.62. The summed E-state index contributed by atoms with van der Waals surface area (Å²) in [6.07, 6.45) is 5.99. The zero-order valence-corrected chi connectivity index (χ0v) is 20.8. The number of imidazole rings is 2. The molecular weight excluding hydrogens is 432 g/mol. The molecule has 1 atom stereocenters. The summed E-state index contributed by atoms with van der Waals surface area (Å²) >= 11 is 0. The molecule has 0 saturated carbocycles. The minimum Gasteiger partial charge on any atom is -0.341 e. The average Bonchev–Trinajstić information content (AvgIpc) is 3.57. The second kappa shape index (κ2) is 12.2. The van der Waals surface area contributed by atoms with E-state index in [1.54, 1.807) is 0 Å². The van der Waals surface area contributed by atoms with Crippen molar-refractivity contribution in [3.8, 4) is 34.4 Å². The number of aromatic nitrogens is 4. The van der Waals surface area contributed by atoms with Crippen molar-refractivity contribution in [1.29, 1.82) is 0 Å². The molecule has 4 rings (SSSR count). The lowest BCUT2D eigenvalue weighted by molar-refractivity contribution is 0.525. The van der Waals surface area contributed by atoms with Gasteiger partial charge in [0.25, 0.3) is 0 Å². The first-order valence-corrected chi connectivity index (χ1v) is 12.4. The average molecular weight is 467 g/mol.